The summed E-state index contributed by atoms with van der Waals surface area (Å²) < 4.78 is 8.00. The van der Waals surface area contributed by atoms with Crippen LogP contribution in [0.25, 0.3) is 10.9 Å². The largest absolute Gasteiger partial charge is 0.457 e. The number of hydrogen-bond donors (Lipinski definition) is 1. The topological polar surface area (TPSA) is 73.2 Å². The van der Waals surface area contributed by atoms with E-state index in [0.717, 1.165) is 15.8 Å². The third kappa shape index (κ3) is 4.58. The molecule has 1 amide bonds. The first-order valence-electron chi connectivity index (χ1n) is 9.32. The van der Waals surface area contributed by atoms with Gasteiger partial charge in [-0.05, 0) is 36.4 Å². The molecule has 0 fully saturated rings. The van der Waals surface area contributed by atoms with E-state index in [1.807, 2.05) is 60.7 Å². The van der Waals surface area contributed by atoms with Crippen LogP contribution in [-0.4, -0.2) is 15.5 Å². The summed E-state index contributed by atoms with van der Waals surface area (Å²) >= 11 is 3.36. The molecule has 0 aliphatic carbocycles. The second-order valence-corrected chi connectivity index (χ2v) is 7.55. The zero-order chi connectivity index (χ0) is 20.9. The number of ether oxygens (including phenoxy) is 1. The molecule has 0 atom stereocenters. The second-order valence-electron chi connectivity index (χ2n) is 6.64. The fourth-order valence-corrected chi connectivity index (χ4v) is 3.37. The molecule has 4 rings (SSSR count). The number of hydrogen-bond acceptors (Lipinski definition) is 4. The Morgan fingerprint density at radius 2 is 1.80 bits per heavy atom. The van der Waals surface area contributed by atoms with Crippen LogP contribution in [0.3, 0.4) is 0 Å². The number of para-hydroxylation sites is 2. The van der Waals surface area contributed by atoms with Crippen LogP contribution in [0.2, 0.25) is 0 Å². The van der Waals surface area contributed by atoms with E-state index in [-0.39, 0.29) is 24.6 Å². The summed E-state index contributed by atoms with van der Waals surface area (Å²) in [5.74, 6) is 1.09. The SMILES string of the molecule is O=C(Cn1cnc2ccc(Br)cc2c1=O)NCc1ccccc1Oc1ccccc1. The van der Waals surface area contributed by atoms with E-state index in [1.165, 1.54) is 10.9 Å². The van der Waals surface area contributed by atoms with Gasteiger partial charge >= 0.3 is 0 Å². The van der Waals surface area contributed by atoms with Crippen LogP contribution in [0.5, 0.6) is 11.5 Å². The van der Waals surface area contributed by atoms with Gasteiger partial charge < -0.3 is 10.1 Å². The maximum Gasteiger partial charge on any atom is 0.261 e. The monoisotopic (exact) mass is 463 g/mol. The number of benzene rings is 3. The molecule has 1 heterocycles. The van der Waals surface area contributed by atoms with Crippen molar-refractivity contribution in [1.82, 2.24) is 14.9 Å². The lowest BCUT2D eigenvalue weighted by molar-refractivity contribution is -0.121. The normalized spacial score (nSPS) is 10.7. The average molecular weight is 464 g/mol. The summed E-state index contributed by atoms with van der Waals surface area (Å²) in [7, 11) is 0. The number of fused-ring (bicyclic) bond motifs is 1. The van der Waals surface area contributed by atoms with Gasteiger partial charge in [0.2, 0.25) is 5.91 Å². The van der Waals surface area contributed by atoms with E-state index in [2.05, 4.69) is 26.2 Å². The van der Waals surface area contributed by atoms with Gasteiger partial charge in [0.15, 0.2) is 0 Å². The third-order valence-electron chi connectivity index (χ3n) is 4.52. The first kappa shape index (κ1) is 19.8. The highest BCUT2D eigenvalue weighted by Gasteiger charge is 2.10. The predicted molar refractivity (Wildman–Crippen MR) is 119 cm³/mol. The summed E-state index contributed by atoms with van der Waals surface area (Å²) in [4.78, 5) is 29.4. The molecule has 1 N–H and O–H groups in total. The lowest BCUT2D eigenvalue weighted by Crippen LogP contribution is -2.32. The number of rotatable bonds is 6. The van der Waals surface area contributed by atoms with Crippen LogP contribution < -0.4 is 15.6 Å². The first-order chi connectivity index (χ1) is 14.6. The Balaban J connectivity index is 1.45. The molecule has 1 aromatic heterocycles. The Labute approximate surface area is 181 Å². The molecular weight excluding hydrogens is 446 g/mol. The molecule has 0 aliphatic heterocycles. The van der Waals surface area contributed by atoms with Gasteiger partial charge in [-0.2, -0.15) is 0 Å². The van der Waals surface area contributed by atoms with E-state index in [4.69, 9.17) is 4.74 Å². The number of aromatic nitrogens is 2. The first-order valence-corrected chi connectivity index (χ1v) is 10.1. The molecular formula is C23H18BrN3O3. The minimum absolute atomic E-state index is 0.115. The van der Waals surface area contributed by atoms with Crippen molar-refractivity contribution < 1.29 is 9.53 Å². The molecule has 7 heteroatoms. The van der Waals surface area contributed by atoms with Crippen molar-refractivity contribution in [2.75, 3.05) is 0 Å². The van der Waals surface area contributed by atoms with Gasteiger partial charge in [-0.25, -0.2) is 4.98 Å². The second kappa shape index (κ2) is 8.92. The molecule has 6 nitrogen and oxygen atoms in total. The fourth-order valence-electron chi connectivity index (χ4n) is 3.01. The van der Waals surface area contributed by atoms with Crippen molar-refractivity contribution in [3.8, 4) is 11.5 Å². The lowest BCUT2D eigenvalue weighted by Gasteiger charge is -2.12. The molecule has 0 saturated carbocycles. The molecule has 0 aliphatic rings. The van der Waals surface area contributed by atoms with Crippen LogP contribution in [0.15, 0.2) is 88.4 Å². The highest BCUT2D eigenvalue weighted by Crippen LogP contribution is 2.24. The summed E-state index contributed by atoms with van der Waals surface area (Å²) in [6.45, 7) is 0.166. The van der Waals surface area contributed by atoms with E-state index in [1.54, 1.807) is 12.1 Å². The Morgan fingerprint density at radius 3 is 2.63 bits per heavy atom. The predicted octanol–water partition coefficient (Wildman–Crippen LogP) is 4.27. The maximum atomic E-state index is 12.6. The number of nitrogens with one attached hydrogen (secondary N) is 1. The summed E-state index contributed by atoms with van der Waals surface area (Å²) in [5, 5.41) is 3.30. The molecule has 0 radical (unpaired) electrons. The highest BCUT2D eigenvalue weighted by molar-refractivity contribution is 9.10. The number of halogens is 1. The smallest absolute Gasteiger partial charge is 0.261 e. The fraction of sp³-hybridized carbons (Fsp3) is 0.0870. The number of carbonyl (C=O) groups excluding carboxylic acids is 1. The molecule has 30 heavy (non-hydrogen) atoms. The molecule has 3 aromatic carbocycles. The number of amides is 1. The lowest BCUT2D eigenvalue weighted by atomic mass is 10.2. The Bertz CT molecular complexity index is 1260. The minimum Gasteiger partial charge on any atom is -0.457 e. The van der Waals surface area contributed by atoms with Gasteiger partial charge in [0.1, 0.15) is 18.0 Å². The van der Waals surface area contributed by atoms with Gasteiger partial charge in [0.25, 0.3) is 5.56 Å². The minimum atomic E-state index is -0.289. The molecule has 0 bridgehead atoms. The van der Waals surface area contributed by atoms with Crippen molar-refractivity contribution in [2.45, 2.75) is 13.1 Å². The zero-order valence-corrected chi connectivity index (χ0v) is 17.5. The van der Waals surface area contributed by atoms with Gasteiger partial charge in [-0.15, -0.1) is 0 Å². The Morgan fingerprint density at radius 1 is 1.03 bits per heavy atom. The van der Waals surface area contributed by atoms with Crippen LogP contribution >= 0.6 is 15.9 Å². The van der Waals surface area contributed by atoms with E-state index in [0.29, 0.717) is 16.7 Å². The molecule has 0 saturated heterocycles. The summed E-state index contributed by atoms with van der Waals surface area (Å²) in [6, 6.07) is 22.2. The van der Waals surface area contributed by atoms with Gasteiger partial charge in [0.05, 0.1) is 17.2 Å². The van der Waals surface area contributed by atoms with Crippen LogP contribution in [0.4, 0.5) is 0 Å². The van der Waals surface area contributed by atoms with Gasteiger partial charge in [0, 0.05) is 16.6 Å². The molecule has 0 spiro atoms. The highest BCUT2D eigenvalue weighted by atomic mass is 79.9. The summed E-state index contributed by atoms with van der Waals surface area (Å²) in [6.07, 6.45) is 1.39. The van der Waals surface area contributed by atoms with Crippen LogP contribution in [0, 0.1) is 0 Å². The van der Waals surface area contributed by atoms with Crippen LogP contribution in [0.1, 0.15) is 5.56 Å². The van der Waals surface area contributed by atoms with Crippen LogP contribution in [-0.2, 0) is 17.9 Å². The average Bonchev–Trinajstić information content (AvgIpc) is 2.76. The number of nitrogens with zero attached hydrogens (tertiary/aromatic N) is 2. The van der Waals surface area contributed by atoms with E-state index in [9.17, 15) is 9.59 Å². The van der Waals surface area contributed by atoms with E-state index >= 15 is 0 Å². The third-order valence-corrected chi connectivity index (χ3v) is 5.01. The van der Waals surface area contributed by atoms with Crippen molar-refractivity contribution in [3.63, 3.8) is 0 Å². The van der Waals surface area contributed by atoms with Crippen molar-refractivity contribution >= 4 is 32.7 Å². The molecule has 0 unspecified atom stereocenters. The van der Waals surface area contributed by atoms with Crippen molar-refractivity contribution in [1.29, 1.82) is 0 Å². The van der Waals surface area contributed by atoms with Gasteiger partial charge in [-0.3, -0.25) is 14.2 Å². The van der Waals surface area contributed by atoms with Crippen molar-refractivity contribution in [2.24, 2.45) is 0 Å². The maximum absolute atomic E-state index is 12.6. The molecule has 4 aromatic rings. The standard InChI is InChI=1S/C23H18BrN3O3/c24-17-10-11-20-19(12-17)23(29)27(15-26-20)14-22(28)25-13-16-6-4-5-9-21(16)30-18-7-2-1-3-8-18/h1-12,15H,13-14H2,(H,25,28). The Kier molecular flexibility index (Phi) is 5.90. The van der Waals surface area contributed by atoms with Gasteiger partial charge in [-0.1, -0.05) is 52.3 Å². The van der Waals surface area contributed by atoms with E-state index < -0.39 is 0 Å². The zero-order valence-electron chi connectivity index (χ0n) is 15.9. The van der Waals surface area contributed by atoms with Crippen molar-refractivity contribution in [3.05, 3.63) is 99.5 Å². The quantitative estimate of drug-likeness (QED) is 0.463. The number of carbonyl (C=O) groups is 1. The molecule has 150 valence electrons. The summed E-state index contributed by atoms with van der Waals surface area (Å²) in [5.41, 5.74) is 1.17. The Hall–Kier alpha value is -3.45.